The summed E-state index contributed by atoms with van der Waals surface area (Å²) in [5.74, 6) is 0.439. The Labute approximate surface area is 85.6 Å². The quantitative estimate of drug-likeness (QED) is 0.676. The molecule has 0 saturated carbocycles. The van der Waals surface area contributed by atoms with E-state index in [9.17, 15) is 0 Å². The molecule has 6 nitrogen and oxygen atoms in total. The van der Waals surface area contributed by atoms with E-state index in [2.05, 4.69) is 15.1 Å². The molecule has 78 valence electrons. The van der Waals surface area contributed by atoms with Gasteiger partial charge in [-0.2, -0.15) is 0 Å². The minimum atomic E-state index is -0.324. The molecule has 0 aliphatic carbocycles. The molecule has 0 bridgehead atoms. The molecule has 6 heteroatoms. The van der Waals surface area contributed by atoms with Crippen LogP contribution in [-0.4, -0.2) is 40.1 Å². The van der Waals surface area contributed by atoms with Crippen LogP contribution < -0.4 is 4.74 Å². The Morgan fingerprint density at radius 2 is 2.27 bits per heavy atom. The van der Waals surface area contributed by atoms with Crippen molar-refractivity contribution in [1.29, 1.82) is 0 Å². The molecule has 0 spiro atoms. The number of aliphatic hydroxyl groups is 1. The van der Waals surface area contributed by atoms with Crippen molar-refractivity contribution in [2.45, 2.75) is 6.10 Å². The average Bonchev–Trinajstić information content (AvgIpc) is 2.72. The molecule has 2 aliphatic rings. The summed E-state index contributed by atoms with van der Waals surface area (Å²) in [7, 11) is 0. The number of rotatable bonds is 1. The largest absolute Gasteiger partial charge is 0.475 e. The second-order valence-corrected chi connectivity index (χ2v) is 3.43. The maximum Gasteiger partial charge on any atom is 0.242 e. The lowest BCUT2D eigenvalue weighted by atomic mass is 9.95. The topological polar surface area (TPSA) is 76.8 Å². The van der Waals surface area contributed by atoms with Crippen molar-refractivity contribution in [2.75, 3.05) is 13.2 Å². The van der Waals surface area contributed by atoms with Crippen LogP contribution in [0.15, 0.2) is 17.5 Å². The minimum Gasteiger partial charge on any atom is -0.475 e. The smallest absolute Gasteiger partial charge is 0.242 e. The Balaban J connectivity index is 2.02. The maximum absolute atomic E-state index is 9.06. The van der Waals surface area contributed by atoms with Gasteiger partial charge in [0.15, 0.2) is 11.8 Å². The molecule has 15 heavy (non-hydrogen) atoms. The van der Waals surface area contributed by atoms with Crippen molar-refractivity contribution in [3.05, 3.63) is 18.1 Å². The lowest BCUT2D eigenvalue weighted by Crippen LogP contribution is -2.36. The van der Waals surface area contributed by atoms with Gasteiger partial charge in [0.25, 0.3) is 0 Å². The molecule has 0 aromatic carbocycles. The molecule has 0 saturated heterocycles. The highest BCUT2D eigenvalue weighted by atomic mass is 16.7. The normalized spacial score (nSPS) is 27.1. The monoisotopic (exact) mass is 207 g/mol. The molecular weight excluding hydrogens is 198 g/mol. The number of aromatic nitrogens is 2. The molecule has 0 amide bonds. The number of hydrogen-bond acceptors (Lipinski definition) is 6. The van der Waals surface area contributed by atoms with Gasteiger partial charge in [0, 0.05) is 12.4 Å². The molecule has 1 aromatic heterocycles. The van der Waals surface area contributed by atoms with Crippen molar-refractivity contribution in [3.8, 4) is 5.88 Å². The Morgan fingerprint density at radius 1 is 1.40 bits per heavy atom. The Hall–Kier alpha value is -1.69. The summed E-state index contributed by atoms with van der Waals surface area (Å²) < 4.78 is 5.42. The van der Waals surface area contributed by atoms with Gasteiger partial charge in [-0.15, -0.1) is 0 Å². The lowest BCUT2D eigenvalue weighted by molar-refractivity contribution is 0.00804. The molecule has 2 unspecified atom stereocenters. The van der Waals surface area contributed by atoms with Gasteiger partial charge in [-0.05, 0) is 0 Å². The highest BCUT2D eigenvalue weighted by Crippen LogP contribution is 2.30. The first kappa shape index (κ1) is 8.60. The second kappa shape index (κ2) is 3.16. The first-order valence-electron chi connectivity index (χ1n) is 4.69. The van der Waals surface area contributed by atoms with E-state index in [0.717, 1.165) is 5.71 Å². The fraction of sp³-hybridized carbons (Fsp3) is 0.444. The summed E-state index contributed by atoms with van der Waals surface area (Å²) >= 11 is 0. The first-order chi connectivity index (χ1) is 7.40. The van der Waals surface area contributed by atoms with E-state index in [1.807, 2.05) is 0 Å². The summed E-state index contributed by atoms with van der Waals surface area (Å²) in [5.41, 5.74) is 1.34. The SMILES string of the molecule is OCC1ON=C2c3nccnc3OCC21. The Morgan fingerprint density at radius 3 is 3.13 bits per heavy atom. The van der Waals surface area contributed by atoms with E-state index >= 15 is 0 Å². The number of aliphatic hydroxyl groups excluding tert-OH is 1. The molecule has 1 aromatic rings. The Kier molecular flexibility index (Phi) is 1.81. The number of hydrogen-bond donors (Lipinski definition) is 1. The fourth-order valence-electron chi connectivity index (χ4n) is 1.78. The van der Waals surface area contributed by atoms with Crippen LogP contribution in [0.4, 0.5) is 0 Å². The van der Waals surface area contributed by atoms with E-state index in [4.69, 9.17) is 14.7 Å². The fourth-order valence-corrected chi connectivity index (χ4v) is 1.78. The van der Waals surface area contributed by atoms with Crippen LogP contribution in [0.2, 0.25) is 0 Å². The van der Waals surface area contributed by atoms with Crippen LogP contribution >= 0.6 is 0 Å². The van der Waals surface area contributed by atoms with Gasteiger partial charge in [0.2, 0.25) is 5.88 Å². The first-order valence-corrected chi connectivity index (χ1v) is 4.69. The predicted molar refractivity (Wildman–Crippen MR) is 49.5 cm³/mol. The van der Waals surface area contributed by atoms with Crippen molar-refractivity contribution in [2.24, 2.45) is 11.1 Å². The van der Waals surface area contributed by atoms with Crippen LogP contribution in [0, 0.1) is 5.92 Å². The van der Waals surface area contributed by atoms with Gasteiger partial charge in [-0.25, -0.2) is 9.97 Å². The third-order valence-corrected chi connectivity index (χ3v) is 2.57. The highest BCUT2D eigenvalue weighted by molar-refractivity contribution is 6.03. The molecule has 3 heterocycles. The number of ether oxygens (including phenoxy) is 1. The van der Waals surface area contributed by atoms with E-state index in [0.29, 0.717) is 18.2 Å². The van der Waals surface area contributed by atoms with Crippen LogP contribution in [-0.2, 0) is 4.84 Å². The van der Waals surface area contributed by atoms with Crippen LogP contribution in [0.25, 0.3) is 0 Å². The van der Waals surface area contributed by atoms with Gasteiger partial charge >= 0.3 is 0 Å². The molecule has 0 fully saturated rings. The predicted octanol–water partition coefficient (Wildman–Crippen LogP) is -0.420. The van der Waals surface area contributed by atoms with Crippen molar-refractivity contribution in [3.63, 3.8) is 0 Å². The summed E-state index contributed by atoms with van der Waals surface area (Å²) in [5, 5.41) is 13.0. The van der Waals surface area contributed by atoms with E-state index in [1.165, 1.54) is 0 Å². The number of nitrogens with zero attached hydrogens (tertiary/aromatic N) is 3. The minimum absolute atomic E-state index is 0.0424. The van der Waals surface area contributed by atoms with Crippen LogP contribution in [0.5, 0.6) is 5.88 Å². The van der Waals surface area contributed by atoms with E-state index in [1.54, 1.807) is 12.4 Å². The Bertz CT molecular complexity index is 421. The lowest BCUT2D eigenvalue weighted by Gasteiger charge is -2.22. The molecular formula is C9H9N3O3. The summed E-state index contributed by atoms with van der Waals surface area (Å²) in [6.45, 7) is 0.354. The van der Waals surface area contributed by atoms with Crippen molar-refractivity contribution >= 4 is 5.71 Å². The van der Waals surface area contributed by atoms with Gasteiger partial charge in [0.1, 0.15) is 12.3 Å². The average molecular weight is 207 g/mol. The van der Waals surface area contributed by atoms with E-state index in [-0.39, 0.29) is 18.6 Å². The highest BCUT2D eigenvalue weighted by Gasteiger charge is 2.40. The number of oxime groups is 1. The molecule has 2 atom stereocenters. The third-order valence-electron chi connectivity index (χ3n) is 2.57. The van der Waals surface area contributed by atoms with Crippen molar-refractivity contribution in [1.82, 2.24) is 9.97 Å². The number of fused-ring (bicyclic) bond motifs is 3. The second-order valence-electron chi connectivity index (χ2n) is 3.43. The zero-order valence-corrected chi connectivity index (χ0v) is 7.83. The third kappa shape index (κ3) is 1.18. The molecule has 3 rings (SSSR count). The maximum atomic E-state index is 9.06. The molecule has 1 N–H and O–H groups in total. The zero-order chi connectivity index (χ0) is 10.3. The van der Waals surface area contributed by atoms with Crippen LogP contribution in [0.1, 0.15) is 5.69 Å². The zero-order valence-electron chi connectivity index (χ0n) is 7.83. The summed E-state index contributed by atoms with van der Waals surface area (Å²) in [6.07, 6.45) is 2.83. The summed E-state index contributed by atoms with van der Waals surface area (Å²) in [6, 6.07) is 0. The van der Waals surface area contributed by atoms with Gasteiger partial charge in [-0.1, -0.05) is 5.16 Å². The van der Waals surface area contributed by atoms with Gasteiger partial charge < -0.3 is 14.7 Å². The van der Waals surface area contributed by atoms with Gasteiger partial charge in [0.05, 0.1) is 12.5 Å². The molecule has 0 radical (unpaired) electrons. The summed E-state index contributed by atoms with van der Waals surface area (Å²) in [4.78, 5) is 13.3. The molecule has 2 aliphatic heterocycles. The van der Waals surface area contributed by atoms with Crippen molar-refractivity contribution < 1.29 is 14.7 Å². The van der Waals surface area contributed by atoms with E-state index < -0.39 is 0 Å². The van der Waals surface area contributed by atoms with Crippen LogP contribution in [0.3, 0.4) is 0 Å². The van der Waals surface area contributed by atoms with Gasteiger partial charge in [-0.3, -0.25) is 0 Å². The standard InChI is InChI=1S/C9H9N3O3/c13-3-6-5-4-14-9-8(7(5)12-15-6)10-1-2-11-9/h1-2,5-6,13H,3-4H2.